The third kappa shape index (κ3) is 5.10. The van der Waals surface area contributed by atoms with Crippen LogP contribution >= 0.6 is 11.3 Å². The van der Waals surface area contributed by atoms with Gasteiger partial charge in [-0.1, -0.05) is 51.1 Å². The molecule has 1 saturated carbocycles. The molecule has 38 heavy (non-hydrogen) atoms. The van der Waals surface area contributed by atoms with Crippen LogP contribution in [0.15, 0.2) is 53.9 Å². The molecule has 0 saturated heterocycles. The minimum absolute atomic E-state index is 0.0159. The number of fused-ring (bicyclic) bond motifs is 1. The molecule has 3 aromatic rings. The van der Waals surface area contributed by atoms with Gasteiger partial charge in [-0.3, -0.25) is 19.7 Å². The first-order valence-electron chi connectivity index (χ1n) is 13.1. The molecule has 1 aliphatic heterocycles. The Labute approximate surface area is 227 Å². The zero-order valence-electron chi connectivity index (χ0n) is 22.3. The smallest absolute Gasteiger partial charge is 0.273 e. The van der Waals surface area contributed by atoms with Gasteiger partial charge in [0, 0.05) is 34.7 Å². The average molecular weight is 532 g/mol. The molecule has 5 rings (SSSR count). The van der Waals surface area contributed by atoms with Crippen molar-refractivity contribution in [2.24, 2.45) is 0 Å². The van der Waals surface area contributed by atoms with Gasteiger partial charge in [0.05, 0.1) is 11.0 Å². The van der Waals surface area contributed by atoms with Gasteiger partial charge in [0.1, 0.15) is 6.54 Å². The van der Waals surface area contributed by atoms with Crippen molar-refractivity contribution in [2.75, 3.05) is 13.1 Å². The molecule has 0 bridgehead atoms. The zero-order chi connectivity index (χ0) is 27.2. The highest BCUT2D eigenvalue weighted by atomic mass is 32.1. The lowest BCUT2D eigenvalue weighted by Gasteiger charge is -2.38. The number of nitro benzene ring substituents is 1. The Hall–Kier alpha value is -3.52. The number of thiophene rings is 1. The minimum Gasteiger partial charge on any atom is -0.330 e. The van der Waals surface area contributed by atoms with Crippen molar-refractivity contribution in [3.8, 4) is 0 Å². The summed E-state index contributed by atoms with van der Waals surface area (Å²) < 4.78 is 0. The molecule has 1 aliphatic carbocycles. The lowest BCUT2D eigenvalue weighted by molar-refractivity contribution is -0.385. The van der Waals surface area contributed by atoms with Crippen molar-refractivity contribution in [2.45, 2.75) is 64.5 Å². The summed E-state index contributed by atoms with van der Waals surface area (Å²) in [5, 5.41) is 13.5. The second-order valence-corrected chi connectivity index (χ2v) is 12.3. The van der Waals surface area contributed by atoms with Gasteiger partial charge in [-0.05, 0) is 65.8 Å². The van der Waals surface area contributed by atoms with E-state index in [0.29, 0.717) is 12.1 Å². The quantitative estimate of drug-likeness (QED) is 0.287. The van der Waals surface area contributed by atoms with Gasteiger partial charge in [0.2, 0.25) is 5.91 Å². The Kier molecular flexibility index (Phi) is 6.86. The van der Waals surface area contributed by atoms with Crippen LogP contribution in [-0.2, 0) is 16.6 Å². The van der Waals surface area contributed by atoms with Gasteiger partial charge in [-0.2, -0.15) is 0 Å². The fourth-order valence-electron chi connectivity index (χ4n) is 5.20. The van der Waals surface area contributed by atoms with Gasteiger partial charge in [0.25, 0.3) is 11.6 Å². The summed E-state index contributed by atoms with van der Waals surface area (Å²) >= 11 is 1.72. The maximum Gasteiger partial charge on any atom is 0.273 e. The van der Waals surface area contributed by atoms with Crippen LogP contribution in [0.3, 0.4) is 0 Å². The molecule has 8 heteroatoms. The van der Waals surface area contributed by atoms with E-state index in [-0.39, 0.29) is 47.1 Å². The van der Waals surface area contributed by atoms with Gasteiger partial charge >= 0.3 is 0 Å². The molecule has 1 unspecified atom stereocenters. The third-order valence-electron chi connectivity index (χ3n) is 7.59. The minimum atomic E-state index is -0.472. The highest BCUT2D eigenvalue weighted by molar-refractivity contribution is 7.10. The van der Waals surface area contributed by atoms with Crippen LogP contribution in [0, 0.1) is 17.0 Å². The molecule has 2 aromatic carbocycles. The van der Waals surface area contributed by atoms with Crippen molar-refractivity contribution >= 4 is 28.8 Å². The number of benzene rings is 2. The lowest BCUT2D eigenvalue weighted by Crippen LogP contribution is -2.47. The zero-order valence-corrected chi connectivity index (χ0v) is 23.1. The number of hydrogen-bond acceptors (Lipinski definition) is 5. The van der Waals surface area contributed by atoms with E-state index in [4.69, 9.17) is 0 Å². The molecule has 198 valence electrons. The standard InChI is InChI=1S/C30H33N3O4S/c1-19-5-6-21(17-25(19)33(36)37)29(35)32(23-11-12-23)18-27(34)31-15-13-26-24(14-16-38-26)28(31)20-7-9-22(10-8-20)30(2,3)4/h5-10,14,16-17,23,28H,11-13,15,18H2,1-4H3. The van der Waals surface area contributed by atoms with Crippen molar-refractivity contribution < 1.29 is 14.5 Å². The Bertz CT molecular complexity index is 1390. The SMILES string of the molecule is Cc1ccc(C(=O)N(CC(=O)N2CCc3sccc3C2c2ccc(C(C)(C)C)cc2)C2CC2)cc1[N+](=O)[O-]. The summed E-state index contributed by atoms with van der Waals surface area (Å²) in [7, 11) is 0. The summed E-state index contributed by atoms with van der Waals surface area (Å²) in [6.07, 6.45) is 2.45. The summed E-state index contributed by atoms with van der Waals surface area (Å²) in [5.41, 5.74) is 4.14. The maximum absolute atomic E-state index is 13.9. The van der Waals surface area contributed by atoms with Crippen molar-refractivity contribution in [1.29, 1.82) is 0 Å². The molecule has 1 atom stereocenters. The average Bonchev–Trinajstić information content (AvgIpc) is 3.61. The summed E-state index contributed by atoms with van der Waals surface area (Å²) in [6, 6.07) is 14.9. The largest absolute Gasteiger partial charge is 0.330 e. The molecule has 1 aromatic heterocycles. The van der Waals surface area contributed by atoms with Crippen molar-refractivity contribution in [3.63, 3.8) is 0 Å². The first kappa shape index (κ1) is 26.1. The first-order chi connectivity index (χ1) is 18.0. The van der Waals surface area contributed by atoms with E-state index in [1.165, 1.54) is 16.5 Å². The van der Waals surface area contributed by atoms with E-state index in [1.807, 2.05) is 4.90 Å². The maximum atomic E-state index is 13.9. The molecular weight excluding hydrogens is 498 g/mol. The van der Waals surface area contributed by atoms with Gasteiger partial charge < -0.3 is 9.80 Å². The normalized spacial score (nSPS) is 17.2. The van der Waals surface area contributed by atoms with E-state index in [2.05, 4.69) is 56.5 Å². The number of amides is 2. The Morgan fingerprint density at radius 1 is 1.11 bits per heavy atom. The van der Waals surface area contributed by atoms with E-state index in [1.54, 1.807) is 35.3 Å². The number of nitrogens with zero attached hydrogens (tertiary/aromatic N) is 3. The molecule has 7 nitrogen and oxygen atoms in total. The molecule has 2 amide bonds. The second kappa shape index (κ2) is 9.98. The molecule has 0 radical (unpaired) electrons. The monoisotopic (exact) mass is 531 g/mol. The fraction of sp³-hybridized carbons (Fsp3) is 0.400. The molecule has 0 spiro atoms. The molecule has 0 N–H and O–H groups in total. The predicted molar refractivity (Wildman–Crippen MR) is 149 cm³/mol. The first-order valence-corrected chi connectivity index (χ1v) is 13.9. The van der Waals surface area contributed by atoms with Crippen LogP contribution in [0.5, 0.6) is 0 Å². The number of carbonyl (C=O) groups excluding carboxylic acids is 2. The van der Waals surface area contributed by atoms with Crippen molar-refractivity contribution in [1.82, 2.24) is 9.80 Å². The second-order valence-electron chi connectivity index (χ2n) is 11.3. The van der Waals surface area contributed by atoms with Gasteiger partial charge in [0.15, 0.2) is 0 Å². The van der Waals surface area contributed by atoms with Gasteiger partial charge in [-0.25, -0.2) is 0 Å². The van der Waals surface area contributed by atoms with Gasteiger partial charge in [-0.15, -0.1) is 11.3 Å². The number of carbonyl (C=O) groups is 2. The lowest BCUT2D eigenvalue weighted by atomic mass is 9.85. The summed E-state index contributed by atoms with van der Waals surface area (Å²) in [4.78, 5) is 43.2. The van der Waals surface area contributed by atoms with Crippen LogP contribution < -0.4 is 0 Å². The topological polar surface area (TPSA) is 83.8 Å². The summed E-state index contributed by atoms with van der Waals surface area (Å²) in [6.45, 7) is 8.74. The highest BCUT2D eigenvalue weighted by Gasteiger charge is 2.39. The number of aryl methyl sites for hydroxylation is 1. The molecule has 2 heterocycles. The Morgan fingerprint density at radius 2 is 1.82 bits per heavy atom. The van der Waals surface area contributed by atoms with E-state index < -0.39 is 4.92 Å². The van der Waals surface area contributed by atoms with E-state index in [9.17, 15) is 19.7 Å². The van der Waals surface area contributed by atoms with Crippen LogP contribution in [-0.4, -0.2) is 45.7 Å². The number of nitro groups is 1. The van der Waals surface area contributed by atoms with E-state index in [0.717, 1.165) is 30.4 Å². The number of hydrogen-bond donors (Lipinski definition) is 0. The van der Waals surface area contributed by atoms with Crippen LogP contribution in [0.25, 0.3) is 0 Å². The van der Waals surface area contributed by atoms with E-state index >= 15 is 0 Å². The summed E-state index contributed by atoms with van der Waals surface area (Å²) in [5.74, 6) is -0.433. The highest BCUT2D eigenvalue weighted by Crippen LogP contribution is 2.39. The number of rotatable bonds is 6. The van der Waals surface area contributed by atoms with Crippen molar-refractivity contribution in [3.05, 3.63) is 96.7 Å². The molecule has 1 fully saturated rings. The fourth-order valence-corrected chi connectivity index (χ4v) is 6.11. The molecule has 2 aliphatic rings. The van der Waals surface area contributed by atoms with Crippen LogP contribution in [0.4, 0.5) is 5.69 Å². The predicted octanol–water partition coefficient (Wildman–Crippen LogP) is 6.04. The Balaban J connectivity index is 1.43. The van der Waals surface area contributed by atoms with Crippen LogP contribution in [0.1, 0.15) is 77.1 Å². The molecular formula is C30H33N3O4S. The van der Waals surface area contributed by atoms with Crippen LogP contribution in [0.2, 0.25) is 0 Å². The Morgan fingerprint density at radius 3 is 2.45 bits per heavy atom. The third-order valence-corrected chi connectivity index (χ3v) is 8.58.